The highest BCUT2D eigenvalue weighted by molar-refractivity contribution is 7.99. The van der Waals surface area contributed by atoms with E-state index in [9.17, 15) is 19.2 Å². The molecule has 3 rings (SSSR count). The summed E-state index contributed by atoms with van der Waals surface area (Å²) in [6.45, 7) is 4.57. The van der Waals surface area contributed by atoms with Crippen LogP contribution < -0.4 is 0 Å². The summed E-state index contributed by atoms with van der Waals surface area (Å²) in [6.07, 6.45) is -4.42. The Kier molecular flexibility index (Phi) is 8.51. The second kappa shape index (κ2) is 11.3. The second-order valence-electron chi connectivity index (χ2n) is 7.69. The normalized spacial score (nSPS) is 24.2. The summed E-state index contributed by atoms with van der Waals surface area (Å²) >= 11 is 1.25. The Morgan fingerprint density at radius 1 is 0.765 bits per heavy atom. The lowest BCUT2D eigenvalue weighted by molar-refractivity contribution is -0.237. The van der Waals surface area contributed by atoms with Crippen molar-refractivity contribution in [3.63, 3.8) is 0 Å². The number of ether oxygens (including phenoxy) is 5. The van der Waals surface area contributed by atoms with E-state index >= 15 is 0 Å². The van der Waals surface area contributed by atoms with Crippen molar-refractivity contribution < 1.29 is 42.9 Å². The van der Waals surface area contributed by atoms with E-state index in [1.165, 1.54) is 39.5 Å². The molecule has 0 aromatic heterocycles. The fraction of sp³-hybridized carbons (Fsp3) is 0.417. The molecule has 1 fully saturated rings. The van der Waals surface area contributed by atoms with Crippen molar-refractivity contribution in [3.05, 3.63) is 42.5 Å². The number of thioether (sulfide) groups is 1. The number of hydrogen-bond acceptors (Lipinski definition) is 10. The van der Waals surface area contributed by atoms with Gasteiger partial charge < -0.3 is 23.7 Å². The van der Waals surface area contributed by atoms with Gasteiger partial charge in [0.1, 0.15) is 18.1 Å². The number of fused-ring (bicyclic) bond motifs is 1. The first-order valence-corrected chi connectivity index (χ1v) is 11.5. The molecular weight excluding hydrogens is 464 g/mol. The zero-order valence-corrected chi connectivity index (χ0v) is 20.0. The van der Waals surface area contributed by atoms with E-state index in [-0.39, 0.29) is 6.61 Å². The Balaban J connectivity index is 1.98. The van der Waals surface area contributed by atoms with Gasteiger partial charge in [-0.2, -0.15) is 0 Å². The molecule has 0 bridgehead atoms. The summed E-state index contributed by atoms with van der Waals surface area (Å²) in [5.41, 5.74) is -0.859. The SMILES string of the molecule is CC(=O)OC[C@H]1O[C@@H](Sc2ccc3ccccc3c2)[C@H](OC(C)=O)[C@@H](OC(C)=O)[C@@H]1OC(C)=O. The third-order valence-electron chi connectivity index (χ3n) is 4.92. The maximum Gasteiger partial charge on any atom is 0.303 e. The van der Waals surface area contributed by atoms with Crippen LogP contribution in [0.25, 0.3) is 10.8 Å². The topological polar surface area (TPSA) is 114 Å². The average Bonchev–Trinajstić information content (AvgIpc) is 2.75. The Hall–Kier alpha value is -3.11. The van der Waals surface area contributed by atoms with Crippen molar-refractivity contribution in [3.8, 4) is 0 Å². The maximum absolute atomic E-state index is 11.9. The van der Waals surface area contributed by atoms with Crippen LogP contribution in [0, 0.1) is 0 Å². The predicted octanol–water partition coefficient (Wildman–Crippen LogP) is 3.02. The van der Waals surface area contributed by atoms with E-state index < -0.39 is 53.7 Å². The monoisotopic (exact) mass is 490 g/mol. The van der Waals surface area contributed by atoms with Crippen molar-refractivity contribution >= 4 is 46.4 Å². The van der Waals surface area contributed by atoms with Crippen LogP contribution in [0.15, 0.2) is 47.4 Å². The molecule has 1 saturated heterocycles. The second-order valence-corrected chi connectivity index (χ2v) is 8.87. The Morgan fingerprint density at radius 3 is 1.97 bits per heavy atom. The number of carbonyl (C=O) groups excluding carboxylic acids is 4. The van der Waals surface area contributed by atoms with E-state index in [0.717, 1.165) is 15.7 Å². The van der Waals surface area contributed by atoms with Gasteiger partial charge in [-0.05, 0) is 22.9 Å². The molecule has 0 N–H and O–H groups in total. The fourth-order valence-electron chi connectivity index (χ4n) is 3.66. The molecule has 10 heteroatoms. The number of carbonyl (C=O) groups is 4. The van der Waals surface area contributed by atoms with Crippen molar-refractivity contribution in [1.82, 2.24) is 0 Å². The molecule has 1 aliphatic rings. The van der Waals surface area contributed by atoms with Crippen LogP contribution in [-0.4, -0.2) is 60.3 Å². The van der Waals surface area contributed by atoms with Gasteiger partial charge in [0.05, 0.1) is 0 Å². The van der Waals surface area contributed by atoms with Gasteiger partial charge in [0, 0.05) is 32.6 Å². The molecule has 9 nitrogen and oxygen atoms in total. The van der Waals surface area contributed by atoms with E-state index in [4.69, 9.17) is 23.7 Å². The van der Waals surface area contributed by atoms with E-state index in [1.54, 1.807) is 0 Å². The molecule has 0 amide bonds. The van der Waals surface area contributed by atoms with E-state index in [1.807, 2.05) is 42.5 Å². The molecule has 0 unspecified atom stereocenters. The van der Waals surface area contributed by atoms with Crippen LogP contribution in [0.5, 0.6) is 0 Å². The smallest absolute Gasteiger partial charge is 0.303 e. The number of hydrogen-bond donors (Lipinski definition) is 0. The molecule has 2 aromatic carbocycles. The van der Waals surface area contributed by atoms with E-state index in [0.29, 0.717) is 0 Å². The van der Waals surface area contributed by atoms with Crippen molar-refractivity contribution in [2.45, 2.75) is 62.4 Å². The van der Waals surface area contributed by atoms with Gasteiger partial charge in [0.15, 0.2) is 18.3 Å². The first-order chi connectivity index (χ1) is 16.1. The predicted molar refractivity (Wildman–Crippen MR) is 122 cm³/mol. The first-order valence-electron chi connectivity index (χ1n) is 10.6. The fourth-order valence-corrected chi connectivity index (χ4v) is 4.81. The van der Waals surface area contributed by atoms with Gasteiger partial charge >= 0.3 is 23.9 Å². The van der Waals surface area contributed by atoms with Crippen LogP contribution >= 0.6 is 11.8 Å². The van der Waals surface area contributed by atoms with Gasteiger partial charge in [0.2, 0.25) is 0 Å². The van der Waals surface area contributed by atoms with Crippen LogP contribution in [0.2, 0.25) is 0 Å². The Morgan fingerprint density at radius 2 is 1.35 bits per heavy atom. The van der Waals surface area contributed by atoms with E-state index in [2.05, 4.69) is 0 Å². The zero-order chi connectivity index (χ0) is 24.8. The minimum Gasteiger partial charge on any atom is -0.463 e. The Labute approximate surface area is 201 Å². The molecule has 0 saturated carbocycles. The summed E-state index contributed by atoms with van der Waals surface area (Å²) in [5, 5.41) is 2.05. The minimum atomic E-state index is -1.18. The van der Waals surface area contributed by atoms with Gasteiger partial charge in [-0.15, -0.1) is 0 Å². The lowest BCUT2D eigenvalue weighted by Gasteiger charge is -2.44. The standard InChI is InChI=1S/C24H26O9S/c1-13(25)29-12-20-21(30-14(2)26)22(31-15(3)27)23(32-16(4)28)24(33-20)34-19-10-9-17-7-5-6-8-18(17)11-19/h5-11,20-24H,12H2,1-4H3/t20-,21-,22+,23-,24+/m1/s1. The van der Waals surface area contributed by atoms with Crippen LogP contribution in [0.3, 0.4) is 0 Å². The molecule has 1 heterocycles. The number of esters is 4. The molecule has 5 atom stereocenters. The highest BCUT2D eigenvalue weighted by atomic mass is 32.2. The molecule has 0 radical (unpaired) electrons. The highest BCUT2D eigenvalue weighted by Crippen LogP contribution is 2.38. The summed E-state index contributed by atoms with van der Waals surface area (Å²) < 4.78 is 27.6. The lowest BCUT2D eigenvalue weighted by atomic mass is 9.99. The molecule has 0 spiro atoms. The number of rotatable bonds is 7. The molecule has 2 aromatic rings. The first kappa shape index (κ1) is 25.5. The van der Waals surface area contributed by atoms with Crippen molar-refractivity contribution in [1.29, 1.82) is 0 Å². The third-order valence-corrected chi connectivity index (χ3v) is 6.06. The minimum absolute atomic E-state index is 0.257. The zero-order valence-electron chi connectivity index (χ0n) is 19.2. The largest absolute Gasteiger partial charge is 0.463 e. The van der Waals surface area contributed by atoms with Crippen LogP contribution in [0.4, 0.5) is 0 Å². The molecule has 1 aliphatic heterocycles. The lowest BCUT2D eigenvalue weighted by Crippen LogP contribution is -2.61. The number of benzene rings is 2. The van der Waals surface area contributed by atoms with Gasteiger partial charge in [-0.25, -0.2) is 0 Å². The molecule has 0 aliphatic carbocycles. The Bertz CT molecular complexity index is 1070. The maximum atomic E-state index is 11.9. The highest BCUT2D eigenvalue weighted by Gasteiger charge is 2.52. The molecular formula is C24H26O9S. The summed E-state index contributed by atoms with van der Waals surface area (Å²) in [7, 11) is 0. The average molecular weight is 491 g/mol. The van der Waals surface area contributed by atoms with Gasteiger partial charge in [-0.3, -0.25) is 19.2 Å². The van der Waals surface area contributed by atoms with Crippen LogP contribution in [0.1, 0.15) is 27.7 Å². The molecule has 182 valence electrons. The van der Waals surface area contributed by atoms with Crippen molar-refractivity contribution in [2.24, 2.45) is 0 Å². The summed E-state index contributed by atoms with van der Waals surface area (Å²) in [4.78, 5) is 47.9. The molecule has 34 heavy (non-hydrogen) atoms. The van der Waals surface area contributed by atoms with Crippen LogP contribution in [-0.2, 0) is 42.9 Å². The summed E-state index contributed by atoms with van der Waals surface area (Å²) in [6, 6.07) is 13.6. The van der Waals surface area contributed by atoms with Gasteiger partial charge in [-0.1, -0.05) is 42.1 Å². The van der Waals surface area contributed by atoms with Gasteiger partial charge in [0.25, 0.3) is 0 Å². The van der Waals surface area contributed by atoms with Crippen molar-refractivity contribution in [2.75, 3.05) is 6.61 Å². The third kappa shape index (κ3) is 6.71. The summed E-state index contributed by atoms with van der Waals surface area (Å²) in [5.74, 6) is -2.52. The quantitative estimate of drug-likeness (QED) is 0.424.